The van der Waals surface area contributed by atoms with E-state index in [1.807, 2.05) is 19.1 Å². The molecule has 2 aliphatic rings. The predicted molar refractivity (Wildman–Crippen MR) is 71.9 cm³/mol. The molecule has 1 aromatic heterocycles. The Balaban J connectivity index is 1.81. The van der Waals surface area contributed by atoms with Crippen LogP contribution in [0.25, 0.3) is 0 Å². The van der Waals surface area contributed by atoms with Crippen molar-refractivity contribution >= 4 is 17.6 Å². The number of allylic oxidation sites excluding steroid dienone is 2. The van der Waals surface area contributed by atoms with Gasteiger partial charge in [-0.1, -0.05) is 12.2 Å². The zero-order chi connectivity index (χ0) is 14.4. The van der Waals surface area contributed by atoms with Crippen molar-refractivity contribution in [3.05, 3.63) is 24.0 Å². The Hall–Kier alpha value is -2.11. The van der Waals surface area contributed by atoms with Crippen LogP contribution in [0.1, 0.15) is 12.1 Å². The zero-order valence-corrected chi connectivity index (χ0v) is 11.4. The first-order valence-electron chi connectivity index (χ1n) is 6.69. The van der Waals surface area contributed by atoms with Gasteiger partial charge in [0.05, 0.1) is 23.2 Å². The van der Waals surface area contributed by atoms with E-state index in [4.69, 9.17) is 0 Å². The molecule has 6 nitrogen and oxygen atoms in total. The molecular formula is C14H17N3O3. The zero-order valence-electron chi connectivity index (χ0n) is 11.4. The van der Waals surface area contributed by atoms with Gasteiger partial charge in [0, 0.05) is 13.2 Å². The number of hydrogen-bond acceptors (Lipinski definition) is 3. The fourth-order valence-corrected chi connectivity index (χ4v) is 3.45. The Morgan fingerprint density at radius 1 is 1.35 bits per heavy atom. The van der Waals surface area contributed by atoms with Crippen LogP contribution < -0.4 is 5.32 Å². The second kappa shape index (κ2) is 4.47. The minimum atomic E-state index is -0.884. The first-order valence-corrected chi connectivity index (χ1v) is 6.69. The Morgan fingerprint density at radius 3 is 2.55 bits per heavy atom. The van der Waals surface area contributed by atoms with Crippen LogP contribution in [-0.4, -0.2) is 26.8 Å². The summed E-state index contributed by atoms with van der Waals surface area (Å²) in [5.41, 5.74) is 1.37. The average molecular weight is 275 g/mol. The van der Waals surface area contributed by atoms with Crippen LogP contribution in [0.2, 0.25) is 0 Å². The number of aliphatic carboxylic acids is 1. The Bertz CT molecular complexity index is 605. The van der Waals surface area contributed by atoms with E-state index in [9.17, 15) is 14.7 Å². The smallest absolute Gasteiger partial charge is 0.307 e. The molecule has 1 amide bonds. The standard InChI is InChI=1S/C14H17N3O3/c1-7-10(6-17(2)16-7)15-13(18)11-8-3-4-9(5-8)12(11)14(19)20/h3-4,6,8-9,11-12H,5H2,1-2H3,(H,15,18)(H,19,20)/t8?,9?,11-,12+/m0/s1. The second-order valence-corrected chi connectivity index (χ2v) is 5.63. The molecule has 2 aliphatic carbocycles. The molecule has 0 spiro atoms. The molecule has 20 heavy (non-hydrogen) atoms. The summed E-state index contributed by atoms with van der Waals surface area (Å²) in [6.45, 7) is 1.81. The molecule has 3 rings (SSSR count). The van der Waals surface area contributed by atoms with Gasteiger partial charge >= 0.3 is 5.97 Å². The summed E-state index contributed by atoms with van der Waals surface area (Å²) >= 11 is 0. The summed E-state index contributed by atoms with van der Waals surface area (Å²) in [6.07, 6.45) is 6.40. The quantitative estimate of drug-likeness (QED) is 0.812. The highest BCUT2D eigenvalue weighted by Crippen LogP contribution is 2.48. The third kappa shape index (κ3) is 1.92. The van der Waals surface area contributed by atoms with Gasteiger partial charge in [-0.2, -0.15) is 5.10 Å². The normalized spacial score (nSPS) is 30.7. The van der Waals surface area contributed by atoms with Crippen LogP contribution in [-0.2, 0) is 16.6 Å². The first-order chi connectivity index (χ1) is 9.47. The number of amides is 1. The summed E-state index contributed by atoms with van der Waals surface area (Å²) in [5.74, 6) is -2.17. The fourth-order valence-electron chi connectivity index (χ4n) is 3.45. The van der Waals surface area contributed by atoms with Crippen LogP contribution in [0.5, 0.6) is 0 Å². The highest BCUT2D eigenvalue weighted by atomic mass is 16.4. The van der Waals surface area contributed by atoms with Gasteiger partial charge in [0.2, 0.25) is 5.91 Å². The van der Waals surface area contributed by atoms with E-state index in [1.165, 1.54) is 0 Å². The third-order valence-electron chi connectivity index (χ3n) is 4.32. The molecule has 6 heteroatoms. The third-order valence-corrected chi connectivity index (χ3v) is 4.32. The minimum Gasteiger partial charge on any atom is -0.481 e. The van der Waals surface area contributed by atoms with E-state index in [-0.39, 0.29) is 17.7 Å². The van der Waals surface area contributed by atoms with Crippen molar-refractivity contribution < 1.29 is 14.7 Å². The number of nitrogens with zero attached hydrogens (tertiary/aromatic N) is 2. The van der Waals surface area contributed by atoms with Gasteiger partial charge in [0.25, 0.3) is 0 Å². The summed E-state index contributed by atoms with van der Waals surface area (Å²) in [7, 11) is 1.78. The second-order valence-electron chi connectivity index (χ2n) is 5.63. The lowest BCUT2D eigenvalue weighted by atomic mass is 9.82. The number of carboxylic acid groups (broad SMARTS) is 1. The monoisotopic (exact) mass is 275 g/mol. The summed E-state index contributed by atoms with van der Waals surface area (Å²) in [4.78, 5) is 23.8. The number of nitrogens with one attached hydrogen (secondary N) is 1. The highest BCUT2D eigenvalue weighted by Gasteiger charge is 2.51. The molecule has 2 bridgehead atoms. The lowest BCUT2D eigenvalue weighted by Crippen LogP contribution is -2.36. The molecule has 1 fully saturated rings. The Morgan fingerprint density at radius 2 is 2.00 bits per heavy atom. The number of rotatable bonds is 3. The van der Waals surface area contributed by atoms with Gasteiger partial charge in [-0.3, -0.25) is 14.3 Å². The largest absolute Gasteiger partial charge is 0.481 e. The minimum absolute atomic E-state index is 0.0109. The fraction of sp³-hybridized carbons (Fsp3) is 0.500. The van der Waals surface area contributed by atoms with E-state index < -0.39 is 17.8 Å². The number of anilines is 1. The van der Waals surface area contributed by atoms with Crippen LogP contribution in [0.4, 0.5) is 5.69 Å². The molecule has 2 unspecified atom stereocenters. The maximum atomic E-state index is 12.4. The number of fused-ring (bicyclic) bond motifs is 2. The number of aryl methyl sites for hydroxylation is 2. The van der Waals surface area contributed by atoms with Gasteiger partial charge in [0.15, 0.2) is 0 Å². The van der Waals surface area contributed by atoms with Gasteiger partial charge in [0.1, 0.15) is 0 Å². The number of carbonyl (C=O) groups is 2. The maximum absolute atomic E-state index is 12.4. The molecule has 0 aliphatic heterocycles. The SMILES string of the molecule is Cc1nn(C)cc1NC(=O)[C@H]1C2C=CC(C2)[C@H]1C(=O)O. The maximum Gasteiger partial charge on any atom is 0.307 e. The van der Waals surface area contributed by atoms with Crippen molar-refractivity contribution in [2.45, 2.75) is 13.3 Å². The van der Waals surface area contributed by atoms with Crippen molar-refractivity contribution in [3.63, 3.8) is 0 Å². The van der Waals surface area contributed by atoms with Crippen LogP contribution in [0, 0.1) is 30.6 Å². The van der Waals surface area contributed by atoms with Gasteiger partial charge in [-0.25, -0.2) is 0 Å². The van der Waals surface area contributed by atoms with Crippen molar-refractivity contribution in [3.8, 4) is 0 Å². The van der Waals surface area contributed by atoms with Crippen LogP contribution in [0.15, 0.2) is 18.3 Å². The van der Waals surface area contributed by atoms with Gasteiger partial charge < -0.3 is 10.4 Å². The van der Waals surface area contributed by atoms with Crippen molar-refractivity contribution in [1.29, 1.82) is 0 Å². The summed E-state index contributed by atoms with van der Waals surface area (Å²) in [6, 6.07) is 0. The number of hydrogen-bond donors (Lipinski definition) is 2. The topological polar surface area (TPSA) is 84.2 Å². The molecule has 106 valence electrons. The average Bonchev–Trinajstić information content (AvgIpc) is 3.03. The Labute approximate surface area is 116 Å². The van der Waals surface area contributed by atoms with E-state index in [0.29, 0.717) is 5.69 Å². The molecule has 0 saturated heterocycles. The molecule has 0 aromatic carbocycles. The number of carboxylic acids is 1. The molecule has 0 radical (unpaired) electrons. The van der Waals surface area contributed by atoms with Crippen molar-refractivity contribution in [1.82, 2.24) is 9.78 Å². The van der Waals surface area contributed by atoms with E-state index >= 15 is 0 Å². The lowest BCUT2D eigenvalue weighted by molar-refractivity contribution is -0.146. The Kier molecular flexibility index (Phi) is 2.88. The van der Waals surface area contributed by atoms with Gasteiger partial charge in [-0.05, 0) is 25.2 Å². The van der Waals surface area contributed by atoms with Crippen molar-refractivity contribution in [2.24, 2.45) is 30.7 Å². The predicted octanol–water partition coefficient (Wildman–Crippen LogP) is 1.19. The first kappa shape index (κ1) is 12.9. The van der Waals surface area contributed by atoms with E-state index in [1.54, 1.807) is 17.9 Å². The highest BCUT2D eigenvalue weighted by molar-refractivity contribution is 5.96. The molecular weight excluding hydrogens is 258 g/mol. The number of aromatic nitrogens is 2. The van der Waals surface area contributed by atoms with Crippen LogP contribution in [0.3, 0.4) is 0 Å². The van der Waals surface area contributed by atoms with Crippen molar-refractivity contribution in [2.75, 3.05) is 5.32 Å². The summed E-state index contributed by atoms with van der Waals surface area (Å²) < 4.78 is 1.63. The number of carbonyl (C=O) groups excluding carboxylic acids is 1. The molecule has 4 atom stereocenters. The van der Waals surface area contributed by atoms with E-state index in [0.717, 1.165) is 12.1 Å². The summed E-state index contributed by atoms with van der Waals surface area (Å²) in [5, 5.41) is 16.3. The van der Waals surface area contributed by atoms with Crippen LogP contribution >= 0.6 is 0 Å². The molecule has 1 saturated carbocycles. The van der Waals surface area contributed by atoms with E-state index in [2.05, 4.69) is 10.4 Å². The molecule has 1 aromatic rings. The molecule has 1 heterocycles. The van der Waals surface area contributed by atoms with Gasteiger partial charge in [-0.15, -0.1) is 0 Å². The molecule has 2 N–H and O–H groups in total. The lowest BCUT2D eigenvalue weighted by Gasteiger charge is -2.23.